The van der Waals surface area contributed by atoms with Crippen molar-refractivity contribution in [3.8, 4) is 16.9 Å². The molecule has 1 saturated heterocycles. The van der Waals surface area contributed by atoms with Crippen LogP contribution in [0.1, 0.15) is 67.9 Å². The molecule has 10 heteroatoms. The molecule has 0 radical (unpaired) electrons. The summed E-state index contributed by atoms with van der Waals surface area (Å²) in [5, 5.41) is 9.98. The van der Waals surface area contributed by atoms with E-state index >= 15 is 8.78 Å². The second kappa shape index (κ2) is 11.7. The van der Waals surface area contributed by atoms with Crippen LogP contribution in [-0.2, 0) is 9.53 Å². The Morgan fingerprint density at radius 2 is 1.54 bits per heavy atom. The Kier molecular flexibility index (Phi) is 8.24. The van der Waals surface area contributed by atoms with E-state index in [0.29, 0.717) is 12.0 Å². The molecular weight excluding hydrogens is 550 g/mol. The molecule has 3 aromatic carbocycles. The van der Waals surface area contributed by atoms with Gasteiger partial charge in [-0.3, -0.25) is 4.79 Å². The fourth-order valence-electron chi connectivity index (χ4n) is 5.05. The van der Waals surface area contributed by atoms with Crippen molar-refractivity contribution in [2.75, 3.05) is 6.61 Å². The van der Waals surface area contributed by atoms with Crippen molar-refractivity contribution < 1.29 is 45.7 Å². The molecule has 2 aliphatic rings. The number of hydrogen-bond acceptors (Lipinski definition) is 4. The number of esters is 1. The first-order valence-corrected chi connectivity index (χ1v) is 13.3. The molecular formula is C31H26F6O4. The van der Waals surface area contributed by atoms with E-state index in [4.69, 9.17) is 9.47 Å². The van der Waals surface area contributed by atoms with Crippen molar-refractivity contribution in [3.63, 3.8) is 0 Å². The van der Waals surface area contributed by atoms with Gasteiger partial charge in [0.15, 0.2) is 34.8 Å². The van der Waals surface area contributed by atoms with Gasteiger partial charge in [-0.2, -0.15) is 4.39 Å². The molecule has 4 nitrogen and oxygen atoms in total. The van der Waals surface area contributed by atoms with Crippen molar-refractivity contribution in [1.82, 2.24) is 0 Å². The number of ether oxygens (including phenoxy) is 2. The first-order chi connectivity index (χ1) is 19.6. The third-order valence-electron chi connectivity index (χ3n) is 7.46. The molecule has 1 heterocycles. The summed E-state index contributed by atoms with van der Waals surface area (Å²) >= 11 is 0. The minimum atomic E-state index is -1.39. The van der Waals surface area contributed by atoms with Crippen LogP contribution in [0.4, 0.5) is 26.3 Å². The molecule has 3 unspecified atom stereocenters. The van der Waals surface area contributed by atoms with Crippen molar-refractivity contribution in [3.05, 3.63) is 94.1 Å². The lowest BCUT2D eigenvalue weighted by molar-refractivity contribution is -0.139. The van der Waals surface area contributed by atoms with Gasteiger partial charge in [-0.25, -0.2) is 22.0 Å². The van der Waals surface area contributed by atoms with E-state index in [9.17, 15) is 27.5 Å². The monoisotopic (exact) mass is 576 g/mol. The Morgan fingerprint density at radius 3 is 2.17 bits per heavy atom. The van der Waals surface area contributed by atoms with Gasteiger partial charge in [0.05, 0.1) is 18.6 Å². The highest BCUT2D eigenvalue weighted by molar-refractivity contribution is 5.78. The fourth-order valence-corrected chi connectivity index (χ4v) is 5.05. The average Bonchev–Trinajstić information content (AvgIpc) is 3.80. The number of epoxide rings is 1. The molecule has 0 amide bonds. The normalized spacial score (nSPS) is 19.1. The molecule has 0 saturated carbocycles. The average molecular weight is 577 g/mol. The fraction of sp³-hybridized carbons (Fsp3) is 0.323. The Labute approximate surface area is 232 Å². The second-order valence-corrected chi connectivity index (χ2v) is 10.1. The molecule has 1 aliphatic carbocycles. The Bertz CT molecular complexity index is 1530. The van der Waals surface area contributed by atoms with Crippen LogP contribution in [-0.4, -0.2) is 17.7 Å². The maximum Gasteiger partial charge on any atom is 0.314 e. The maximum absolute atomic E-state index is 15.1. The Balaban J connectivity index is 1.30. The lowest BCUT2D eigenvalue weighted by Crippen LogP contribution is -2.23. The minimum Gasteiger partial charge on any atom is -0.423 e. The van der Waals surface area contributed by atoms with Crippen molar-refractivity contribution in [2.45, 2.75) is 51.2 Å². The predicted molar refractivity (Wildman–Crippen MR) is 138 cm³/mol. The van der Waals surface area contributed by atoms with Gasteiger partial charge in [0.2, 0.25) is 5.82 Å². The van der Waals surface area contributed by atoms with Gasteiger partial charge >= 0.3 is 5.97 Å². The molecule has 0 bridgehead atoms. The summed E-state index contributed by atoms with van der Waals surface area (Å²) in [7, 11) is 0. The van der Waals surface area contributed by atoms with Crippen molar-refractivity contribution in [1.29, 1.82) is 0 Å². The van der Waals surface area contributed by atoms with Crippen LogP contribution in [0.3, 0.4) is 0 Å². The number of halogens is 6. The number of aliphatic hydroxyl groups is 1. The zero-order chi connectivity index (χ0) is 29.4. The molecule has 216 valence electrons. The number of hydrogen-bond donors (Lipinski definition) is 1. The summed E-state index contributed by atoms with van der Waals surface area (Å²) in [4.78, 5) is 12.6. The number of aliphatic hydroxyl groups excluding tert-OH is 1. The standard InChI is InChI=1S/C31H26F6O4/c1-2-3-22(38)20-12-13-23(30(37)28(20)35)41-31(39)16-6-4-15(5-7-16)17-8-9-18(26(33)25(17)32)19-10-11-21(24-14-40-24)29(36)27(19)34/h4,8-13,16,22,24,38H,2-3,5-7,14H2,1H3. The number of carbonyl (C=O) groups excluding carboxylic acids is 1. The Morgan fingerprint density at radius 1 is 0.902 bits per heavy atom. The molecule has 41 heavy (non-hydrogen) atoms. The lowest BCUT2D eigenvalue weighted by Gasteiger charge is -2.22. The smallest absolute Gasteiger partial charge is 0.314 e. The minimum absolute atomic E-state index is 0.0138. The van der Waals surface area contributed by atoms with Gasteiger partial charge in [0.25, 0.3) is 0 Å². The summed E-state index contributed by atoms with van der Waals surface area (Å²) in [6.45, 7) is 2.04. The highest BCUT2D eigenvalue weighted by atomic mass is 19.2. The van der Waals surface area contributed by atoms with E-state index in [1.807, 2.05) is 0 Å². The topological polar surface area (TPSA) is 59.1 Å². The van der Waals surface area contributed by atoms with E-state index in [-0.39, 0.29) is 49.0 Å². The molecule has 1 fully saturated rings. The van der Waals surface area contributed by atoms with Crippen LogP contribution in [0.2, 0.25) is 0 Å². The van der Waals surface area contributed by atoms with Gasteiger partial charge in [0.1, 0.15) is 6.10 Å². The van der Waals surface area contributed by atoms with Crippen LogP contribution in [0.5, 0.6) is 5.75 Å². The third kappa shape index (κ3) is 5.63. The van der Waals surface area contributed by atoms with E-state index in [0.717, 1.165) is 12.1 Å². The first kappa shape index (κ1) is 28.9. The second-order valence-electron chi connectivity index (χ2n) is 10.1. The molecule has 1 aliphatic heterocycles. The summed E-state index contributed by atoms with van der Waals surface area (Å²) in [5.74, 6) is -9.92. The predicted octanol–water partition coefficient (Wildman–Crippen LogP) is 7.88. The van der Waals surface area contributed by atoms with Crippen LogP contribution in [0.15, 0.2) is 42.5 Å². The summed E-state index contributed by atoms with van der Waals surface area (Å²) in [6.07, 6.45) is 0.953. The maximum atomic E-state index is 15.1. The third-order valence-corrected chi connectivity index (χ3v) is 7.46. The van der Waals surface area contributed by atoms with E-state index in [1.54, 1.807) is 6.92 Å². The summed E-state index contributed by atoms with van der Waals surface area (Å²) in [5.41, 5.74) is -0.766. The van der Waals surface area contributed by atoms with Gasteiger partial charge in [-0.05, 0) is 43.4 Å². The molecule has 3 atom stereocenters. The van der Waals surface area contributed by atoms with Crippen molar-refractivity contribution in [2.24, 2.45) is 5.92 Å². The number of benzene rings is 3. The lowest BCUT2D eigenvalue weighted by atomic mass is 9.86. The largest absolute Gasteiger partial charge is 0.423 e. The summed E-state index contributed by atoms with van der Waals surface area (Å²) in [6, 6.07) is 7.13. The number of rotatable bonds is 8. The zero-order valence-electron chi connectivity index (χ0n) is 22.0. The molecule has 3 aromatic rings. The first-order valence-electron chi connectivity index (χ1n) is 13.3. The number of carbonyl (C=O) groups is 1. The summed E-state index contributed by atoms with van der Waals surface area (Å²) < 4.78 is 98.3. The highest BCUT2D eigenvalue weighted by Crippen LogP contribution is 2.39. The SMILES string of the molecule is CCCC(O)c1ccc(OC(=O)C2CC=C(c3ccc(-c4ccc(C5CO5)c(F)c4F)c(F)c3F)CC2)c(F)c1F. The van der Waals surface area contributed by atoms with Gasteiger partial charge in [-0.15, -0.1) is 0 Å². The van der Waals surface area contributed by atoms with Gasteiger partial charge in [-0.1, -0.05) is 43.7 Å². The van der Waals surface area contributed by atoms with Gasteiger partial charge in [0, 0.05) is 27.8 Å². The highest BCUT2D eigenvalue weighted by Gasteiger charge is 2.32. The van der Waals surface area contributed by atoms with Crippen LogP contribution < -0.4 is 4.74 Å². The molecule has 0 spiro atoms. The quantitative estimate of drug-likeness (QED) is 0.128. The molecule has 0 aromatic heterocycles. The van der Waals surface area contributed by atoms with Crippen LogP contribution in [0, 0.1) is 40.8 Å². The Hall–Kier alpha value is -3.63. The zero-order valence-corrected chi connectivity index (χ0v) is 22.0. The molecule has 1 N–H and O–H groups in total. The van der Waals surface area contributed by atoms with E-state index < -0.39 is 75.9 Å². The van der Waals surface area contributed by atoms with Crippen LogP contribution >= 0.6 is 0 Å². The van der Waals surface area contributed by atoms with Crippen LogP contribution in [0.25, 0.3) is 16.7 Å². The van der Waals surface area contributed by atoms with E-state index in [2.05, 4.69) is 0 Å². The van der Waals surface area contributed by atoms with E-state index in [1.165, 1.54) is 30.3 Å². The van der Waals surface area contributed by atoms with Crippen molar-refractivity contribution >= 4 is 11.5 Å². The number of allylic oxidation sites excluding steroid dienone is 2. The van der Waals surface area contributed by atoms with Gasteiger partial charge < -0.3 is 14.6 Å². The molecule has 5 rings (SSSR count).